The van der Waals surface area contributed by atoms with Gasteiger partial charge in [0.1, 0.15) is 12.4 Å². The fourth-order valence-corrected chi connectivity index (χ4v) is 1.88. The molecule has 1 N–H and O–H groups in total. The standard InChI is InChI=1S/C14H22ClNO/c1-3-6-13(16-9-4-2)11-17-14-8-5-7-12(15)10-14/h5,7-8,10,13,16H,3-4,6,9,11H2,1-2H3. The summed E-state index contributed by atoms with van der Waals surface area (Å²) in [6, 6.07) is 7.98. The van der Waals surface area contributed by atoms with Crippen LogP contribution in [0.5, 0.6) is 5.75 Å². The third-order valence-corrected chi connectivity index (χ3v) is 2.80. The molecule has 1 aromatic rings. The SMILES string of the molecule is CCCNC(CCC)COc1cccc(Cl)c1. The lowest BCUT2D eigenvalue weighted by molar-refractivity contribution is 0.256. The van der Waals surface area contributed by atoms with Crippen LogP contribution in [0.25, 0.3) is 0 Å². The summed E-state index contributed by atoms with van der Waals surface area (Å²) in [5, 5.41) is 4.22. The van der Waals surface area contributed by atoms with Crippen LogP contribution in [-0.2, 0) is 0 Å². The summed E-state index contributed by atoms with van der Waals surface area (Å²) in [5.74, 6) is 0.844. The number of hydrogen-bond acceptors (Lipinski definition) is 2. The van der Waals surface area contributed by atoms with Gasteiger partial charge >= 0.3 is 0 Å². The van der Waals surface area contributed by atoms with Crippen LogP contribution < -0.4 is 10.1 Å². The van der Waals surface area contributed by atoms with Crippen LogP contribution >= 0.6 is 11.6 Å². The van der Waals surface area contributed by atoms with Crippen molar-refractivity contribution < 1.29 is 4.74 Å². The van der Waals surface area contributed by atoms with Crippen molar-refractivity contribution >= 4 is 11.6 Å². The molecule has 0 aromatic heterocycles. The molecule has 0 saturated carbocycles. The molecule has 0 fully saturated rings. The second kappa shape index (κ2) is 8.37. The lowest BCUT2D eigenvalue weighted by Crippen LogP contribution is -2.35. The maximum Gasteiger partial charge on any atom is 0.120 e. The molecule has 3 heteroatoms. The van der Waals surface area contributed by atoms with Gasteiger partial charge in [-0.2, -0.15) is 0 Å². The number of benzene rings is 1. The minimum Gasteiger partial charge on any atom is -0.492 e. The van der Waals surface area contributed by atoms with E-state index in [-0.39, 0.29) is 0 Å². The normalized spacial score (nSPS) is 12.4. The monoisotopic (exact) mass is 255 g/mol. The molecular formula is C14H22ClNO. The molecule has 0 saturated heterocycles. The average molecular weight is 256 g/mol. The van der Waals surface area contributed by atoms with Gasteiger partial charge in [0.15, 0.2) is 0 Å². The quantitative estimate of drug-likeness (QED) is 0.761. The highest BCUT2D eigenvalue weighted by molar-refractivity contribution is 6.30. The topological polar surface area (TPSA) is 21.3 Å². The molecule has 1 atom stereocenters. The van der Waals surface area contributed by atoms with Crippen molar-refractivity contribution in [2.75, 3.05) is 13.2 Å². The fraction of sp³-hybridized carbons (Fsp3) is 0.571. The lowest BCUT2D eigenvalue weighted by atomic mass is 10.2. The van der Waals surface area contributed by atoms with Crippen molar-refractivity contribution in [3.8, 4) is 5.75 Å². The van der Waals surface area contributed by atoms with Crippen molar-refractivity contribution in [2.45, 2.75) is 39.2 Å². The van der Waals surface area contributed by atoms with Crippen LogP contribution in [0.3, 0.4) is 0 Å². The van der Waals surface area contributed by atoms with Crippen molar-refractivity contribution in [3.05, 3.63) is 29.3 Å². The molecule has 0 aliphatic heterocycles. The van der Waals surface area contributed by atoms with Gasteiger partial charge in [0.25, 0.3) is 0 Å². The van der Waals surface area contributed by atoms with Crippen LogP contribution in [0.1, 0.15) is 33.1 Å². The lowest BCUT2D eigenvalue weighted by Gasteiger charge is -2.18. The molecule has 1 unspecified atom stereocenters. The average Bonchev–Trinajstić information content (AvgIpc) is 2.33. The first-order valence-corrected chi connectivity index (χ1v) is 6.75. The van der Waals surface area contributed by atoms with Crippen LogP contribution in [-0.4, -0.2) is 19.2 Å². The Kier molecular flexibility index (Phi) is 7.06. The van der Waals surface area contributed by atoms with E-state index in [1.54, 1.807) is 0 Å². The predicted octanol–water partition coefficient (Wildman–Crippen LogP) is 3.89. The smallest absolute Gasteiger partial charge is 0.120 e. The van der Waals surface area contributed by atoms with Crippen LogP contribution in [0.15, 0.2) is 24.3 Å². The summed E-state index contributed by atoms with van der Waals surface area (Å²) in [5.41, 5.74) is 0. The van der Waals surface area contributed by atoms with Gasteiger partial charge in [0, 0.05) is 11.1 Å². The Bertz CT molecular complexity index is 317. The van der Waals surface area contributed by atoms with Gasteiger partial charge in [0.2, 0.25) is 0 Å². The van der Waals surface area contributed by atoms with E-state index in [1.807, 2.05) is 24.3 Å². The summed E-state index contributed by atoms with van der Waals surface area (Å²) in [4.78, 5) is 0. The van der Waals surface area contributed by atoms with Gasteiger partial charge in [-0.15, -0.1) is 0 Å². The molecule has 96 valence electrons. The third-order valence-electron chi connectivity index (χ3n) is 2.57. The molecule has 0 radical (unpaired) electrons. The van der Waals surface area contributed by atoms with Gasteiger partial charge in [-0.25, -0.2) is 0 Å². The number of nitrogens with one attached hydrogen (secondary N) is 1. The number of ether oxygens (including phenoxy) is 1. The third kappa shape index (κ3) is 5.94. The zero-order valence-corrected chi connectivity index (χ0v) is 11.5. The second-order valence-corrected chi connectivity index (χ2v) is 4.64. The zero-order valence-electron chi connectivity index (χ0n) is 10.7. The molecular weight excluding hydrogens is 234 g/mol. The highest BCUT2D eigenvalue weighted by Crippen LogP contribution is 2.17. The van der Waals surface area contributed by atoms with Gasteiger partial charge < -0.3 is 10.1 Å². The van der Waals surface area contributed by atoms with E-state index in [4.69, 9.17) is 16.3 Å². The van der Waals surface area contributed by atoms with E-state index in [0.717, 1.165) is 30.2 Å². The number of hydrogen-bond donors (Lipinski definition) is 1. The second-order valence-electron chi connectivity index (χ2n) is 4.21. The Balaban J connectivity index is 2.39. The molecule has 1 rings (SSSR count). The molecule has 0 aliphatic rings. The maximum atomic E-state index is 5.91. The van der Waals surface area contributed by atoms with Gasteiger partial charge in [0.05, 0.1) is 0 Å². The Morgan fingerprint density at radius 3 is 2.76 bits per heavy atom. The Labute approximate surface area is 109 Å². The molecule has 0 bridgehead atoms. The molecule has 0 amide bonds. The fourth-order valence-electron chi connectivity index (χ4n) is 1.69. The van der Waals surface area contributed by atoms with Crippen molar-refractivity contribution in [1.29, 1.82) is 0 Å². The predicted molar refractivity (Wildman–Crippen MR) is 73.9 cm³/mol. The van der Waals surface area contributed by atoms with E-state index in [2.05, 4.69) is 19.2 Å². The van der Waals surface area contributed by atoms with Crippen molar-refractivity contribution in [1.82, 2.24) is 5.32 Å². The highest BCUT2D eigenvalue weighted by atomic mass is 35.5. The molecule has 2 nitrogen and oxygen atoms in total. The Morgan fingerprint density at radius 2 is 2.12 bits per heavy atom. The zero-order chi connectivity index (χ0) is 12.5. The van der Waals surface area contributed by atoms with Crippen molar-refractivity contribution in [3.63, 3.8) is 0 Å². The summed E-state index contributed by atoms with van der Waals surface area (Å²) < 4.78 is 5.75. The summed E-state index contributed by atoms with van der Waals surface area (Å²) in [6.45, 7) is 6.12. The van der Waals surface area contributed by atoms with E-state index in [9.17, 15) is 0 Å². The molecule has 17 heavy (non-hydrogen) atoms. The summed E-state index contributed by atoms with van der Waals surface area (Å²) >= 11 is 5.91. The van der Waals surface area contributed by atoms with Crippen LogP contribution in [0.2, 0.25) is 5.02 Å². The van der Waals surface area contributed by atoms with Gasteiger partial charge in [-0.3, -0.25) is 0 Å². The number of halogens is 1. The molecule has 0 spiro atoms. The Hall–Kier alpha value is -0.730. The minimum atomic E-state index is 0.430. The van der Waals surface area contributed by atoms with Gasteiger partial charge in [-0.05, 0) is 37.6 Å². The Morgan fingerprint density at radius 1 is 1.29 bits per heavy atom. The molecule has 0 aliphatic carbocycles. The summed E-state index contributed by atoms with van der Waals surface area (Å²) in [7, 11) is 0. The van der Waals surface area contributed by atoms with E-state index >= 15 is 0 Å². The van der Waals surface area contributed by atoms with Gasteiger partial charge in [-0.1, -0.05) is 37.9 Å². The van der Waals surface area contributed by atoms with Crippen LogP contribution in [0.4, 0.5) is 0 Å². The van der Waals surface area contributed by atoms with E-state index in [1.165, 1.54) is 6.42 Å². The van der Waals surface area contributed by atoms with Crippen molar-refractivity contribution in [2.24, 2.45) is 0 Å². The number of rotatable bonds is 8. The minimum absolute atomic E-state index is 0.430. The first kappa shape index (κ1) is 14.3. The van der Waals surface area contributed by atoms with Crippen LogP contribution in [0, 0.1) is 0 Å². The maximum absolute atomic E-state index is 5.91. The molecule has 1 aromatic carbocycles. The first-order chi connectivity index (χ1) is 8.26. The highest BCUT2D eigenvalue weighted by Gasteiger charge is 2.07. The van der Waals surface area contributed by atoms with E-state index < -0.39 is 0 Å². The van der Waals surface area contributed by atoms with E-state index in [0.29, 0.717) is 12.6 Å². The largest absolute Gasteiger partial charge is 0.492 e. The first-order valence-electron chi connectivity index (χ1n) is 6.38. The molecule has 0 heterocycles. The summed E-state index contributed by atoms with van der Waals surface area (Å²) in [6.07, 6.45) is 3.46.